The highest BCUT2D eigenvalue weighted by atomic mass is 16.5. The predicted octanol–water partition coefficient (Wildman–Crippen LogP) is 1.40. The van der Waals surface area contributed by atoms with E-state index in [0.29, 0.717) is 12.5 Å². The van der Waals surface area contributed by atoms with Crippen LogP contribution in [0, 0.1) is 5.92 Å². The Labute approximate surface area is 137 Å². The Morgan fingerprint density at radius 2 is 2.17 bits per heavy atom. The molecule has 23 heavy (non-hydrogen) atoms. The number of rotatable bonds is 4. The lowest BCUT2D eigenvalue weighted by Gasteiger charge is -2.37. The third-order valence-electron chi connectivity index (χ3n) is 5.21. The van der Waals surface area contributed by atoms with Crippen molar-refractivity contribution in [1.29, 1.82) is 0 Å². The highest BCUT2D eigenvalue weighted by Crippen LogP contribution is 2.30. The topological polar surface area (TPSA) is 67.6 Å². The number of hydrogen-bond acceptors (Lipinski definition) is 4. The summed E-state index contributed by atoms with van der Waals surface area (Å²) in [5.74, 6) is 0.716. The molecule has 3 heterocycles. The van der Waals surface area contributed by atoms with Crippen LogP contribution in [0.1, 0.15) is 44.2 Å². The molecular weight excluding hydrogens is 294 g/mol. The van der Waals surface area contributed by atoms with Crippen molar-refractivity contribution < 1.29 is 14.6 Å². The summed E-state index contributed by atoms with van der Waals surface area (Å²) in [7, 11) is 0. The molecule has 0 bridgehead atoms. The lowest BCUT2D eigenvalue weighted by molar-refractivity contribution is -0.145. The quantitative estimate of drug-likeness (QED) is 0.910. The van der Waals surface area contributed by atoms with Crippen molar-refractivity contribution in [2.75, 3.05) is 26.3 Å². The second kappa shape index (κ2) is 7.45. The summed E-state index contributed by atoms with van der Waals surface area (Å²) >= 11 is 0. The van der Waals surface area contributed by atoms with Crippen LogP contribution in [0.3, 0.4) is 0 Å². The normalized spacial score (nSPS) is 26.4. The number of piperidine rings is 1. The molecule has 1 amide bonds. The van der Waals surface area contributed by atoms with Gasteiger partial charge in [0.25, 0.3) is 0 Å². The first-order chi connectivity index (χ1) is 11.2. The number of nitrogens with zero attached hydrogens (tertiary/aromatic N) is 3. The summed E-state index contributed by atoms with van der Waals surface area (Å²) in [6, 6.07) is 2.04. The summed E-state index contributed by atoms with van der Waals surface area (Å²) < 4.78 is 7.53. The van der Waals surface area contributed by atoms with Gasteiger partial charge in [-0.1, -0.05) is 0 Å². The lowest BCUT2D eigenvalue weighted by atomic mass is 9.90. The molecule has 6 nitrogen and oxygen atoms in total. The van der Waals surface area contributed by atoms with E-state index in [1.807, 2.05) is 22.6 Å². The van der Waals surface area contributed by atoms with E-state index in [9.17, 15) is 4.79 Å². The van der Waals surface area contributed by atoms with Crippen LogP contribution in [-0.2, 0) is 16.1 Å². The van der Waals surface area contributed by atoms with Gasteiger partial charge in [0.05, 0.1) is 25.2 Å². The number of likely N-dealkylation sites (tertiary alicyclic amines) is 1. The Bertz CT molecular complexity index is 523. The zero-order valence-corrected chi connectivity index (χ0v) is 13.9. The molecular formula is C17H27N3O3. The van der Waals surface area contributed by atoms with Gasteiger partial charge in [0.15, 0.2) is 0 Å². The van der Waals surface area contributed by atoms with Crippen molar-refractivity contribution in [3.05, 3.63) is 18.0 Å². The van der Waals surface area contributed by atoms with Crippen LogP contribution in [0.2, 0.25) is 0 Å². The minimum absolute atomic E-state index is 0.0280. The number of hydrogen-bond donors (Lipinski definition) is 1. The number of carbonyl (C=O) groups is 1. The van der Waals surface area contributed by atoms with Gasteiger partial charge in [0, 0.05) is 37.5 Å². The molecule has 1 aromatic heterocycles. The molecule has 2 aliphatic rings. The van der Waals surface area contributed by atoms with Gasteiger partial charge in [0.1, 0.15) is 0 Å². The van der Waals surface area contributed by atoms with Crippen molar-refractivity contribution in [1.82, 2.24) is 14.7 Å². The van der Waals surface area contributed by atoms with E-state index in [-0.39, 0.29) is 24.5 Å². The number of aliphatic hydroxyl groups is 1. The first-order valence-electron chi connectivity index (χ1n) is 8.73. The van der Waals surface area contributed by atoms with E-state index in [4.69, 9.17) is 9.84 Å². The molecule has 0 unspecified atom stereocenters. The molecule has 0 saturated carbocycles. The Balaban J connectivity index is 1.57. The molecule has 1 aromatic rings. The molecule has 0 spiro atoms. The molecule has 0 aromatic carbocycles. The third-order valence-corrected chi connectivity index (χ3v) is 5.21. The smallest absolute Gasteiger partial charge is 0.228 e. The number of aliphatic hydroxyl groups excluding tert-OH is 1. The van der Waals surface area contributed by atoms with Crippen molar-refractivity contribution in [2.45, 2.75) is 51.2 Å². The third kappa shape index (κ3) is 3.58. The molecule has 1 N–H and O–H groups in total. The van der Waals surface area contributed by atoms with Crippen molar-refractivity contribution in [2.24, 2.45) is 5.92 Å². The molecule has 6 heteroatoms. The summed E-state index contributed by atoms with van der Waals surface area (Å²) in [5.41, 5.74) is 1.18. The van der Waals surface area contributed by atoms with Gasteiger partial charge in [-0.05, 0) is 38.7 Å². The van der Waals surface area contributed by atoms with Gasteiger partial charge < -0.3 is 14.7 Å². The van der Waals surface area contributed by atoms with E-state index < -0.39 is 0 Å². The van der Waals surface area contributed by atoms with E-state index in [1.165, 1.54) is 5.69 Å². The summed E-state index contributed by atoms with van der Waals surface area (Å²) in [5, 5.41) is 13.4. The fourth-order valence-corrected chi connectivity index (χ4v) is 3.85. The number of amides is 1. The van der Waals surface area contributed by atoms with Gasteiger partial charge in [0.2, 0.25) is 5.91 Å². The first-order valence-corrected chi connectivity index (χ1v) is 8.73. The van der Waals surface area contributed by atoms with E-state index in [2.05, 4.69) is 5.10 Å². The van der Waals surface area contributed by atoms with Gasteiger partial charge in [-0.25, -0.2) is 0 Å². The number of ether oxygens (including phenoxy) is 1. The zero-order chi connectivity index (χ0) is 16.2. The molecule has 0 aliphatic carbocycles. The second-order valence-electron chi connectivity index (χ2n) is 6.63. The average Bonchev–Trinajstić information content (AvgIpc) is 3.03. The van der Waals surface area contributed by atoms with E-state index in [1.54, 1.807) is 6.20 Å². The molecule has 2 fully saturated rings. The molecule has 2 atom stereocenters. The van der Waals surface area contributed by atoms with Crippen LogP contribution in [0.4, 0.5) is 0 Å². The van der Waals surface area contributed by atoms with Crippen molar-refractivity contribution in [3.8, 4) is 0 Å². The second-order valence-corrected chi connectivity index (χ2v) is 6.63. The molecule has 2 aliphatic heterocycles. The lowest BCUT2D eigenvalue weighted by Crippen LogP contribution is -2.46. The summed E-state index contributed by atoms with van der Waals surface area (Å²) in [6.07, 6.45) is 5.69. The van der Waals surface area contributed by atoms with Crippen LogP contribution in [0.25, 0.3) is 0 Å². The fourth-order valence-electron chi connectivity index (χ4n) is 3.85. The van der Waals surface area contributed by atoms with Crippen LogP contribution >= 0.6 is 0 Å². The average molecular weight is 321 g/mol. The fraction of sp³-hybridized carbons (Fsp3) is 0.765. The number of aromatic nitrogens is 2. The Kier molecular flexibility index (Phi) is 5.33. The first kappa shape index (κ1) is 16.5. The Morgan fingerprint density at radius 1 is 1.39 bits per heavy atom. The maximum atomic E-state index is 12.7. The van der Waals surface area contributed by atoms with Crippen molar-refractivity contribution in [3.63, 3.8) is 0 Å². The minimum Gasteiger partial charge on any atom is -0.394 e. The molecule has 128 valence electrons. The molecule has 0 radical (unpaired) electrons. The summed E-state index contributed by atoms with van der Waals surface area (Å²) in [6.45, 7) is 5.04. The highest BCUT2D eigenvalue weighted by Gasteiger charge is 2.34. The van der Waals surface area contributed by atoms with Crippen LogP contribution in [0.5, 0.6) is 0 Å². The maximum absolute atomic E-state index is 12.7. The predicted molar refractivity (Wildman–Crippen MR) is 86.0 cm³/mol. The van der Waals surface area contributed by atoms with E-state index in [0.717, 1.165) is 45.4 Å². The maximum Gasteiger partial charge on any atom is 0.228 e. The molecule has 3 rings (SSSR count). The van der Waals surface area contributed by atoms with Crippen LogP contribution in [-0.4, -0.2) is 58.1 Å². The van der Waals surface area contributed by atoms with E-state index >= 15 is 0 Å². The summed E-state index contributed by atoms with van der Waals surface area (Å²) in [4.78, 5) is 14.7. The van der Waals surface area contributed by atoms with Crippen LogP contribution < -0.4 is 0 Å². The zero-order valence-electron chi connectivity index (χ0n) is 13.9. The number of carbonyl (C=O) groups excluding carboxylic acids is 1. The van der Waals surface area contributed by atoms with Crippen LogP contribution in [0.15, 0.2) is 12.3 Å². The Hall–Kier alpha value is -1.40. The van der Waals surface area contributed by atoms with Gasteiger partial charge in [-0.15, -0.1) is 0 Å². The Morgan fingerprint density at radius 3 is 2.87 bits per heavy atom. The standard InChI is InChI=1S/C17H27N3O3/c1-13-15(3-2-12-23-13)17(22)19-8-5-14(6-9-19)16-4-7-18-20(16)10-11-21/h4,7,13-15,21H,2-3,5-6,8-12H2,1H3/t13-,15-/m0/s1. The highest BCUT2D eigenvalue weighted by molar-refractivity contribution is 5.79. The minimum atomic E-state index is 0.0280. The molecule has 2 saturated heterocycles. The largest absolute Gasteiger partial charge is 0.394 e. The monoisotopic (exact) mass is 321 g/mol. The van der Waals surface area contributed by atoms with Gasteiger partial charge in [-0.3, -0.25) is 9.48 Å². The van der Waals surface area contributed by atoms with Crippen molar-refractivity contribution >= 4 is 5.91 Å². The van der Waals surface area contributed by atoms with Gasteiger partial charge >= 0.3 is 0 Å². The SMILES string of the molecule is C[C@@H]1OCCC[C@@H]1C(=O)N1CCC(c2ccnn2CCO)CC1. The van der Waals surface area contributed by atoms with Gasteiger partial charge in [-0.2, -0.15) is 5.10 Å².